The number of amides is 2. The van der Waals surface area contributed by atoms with Crippen molar-refractivity contribution in [2.75, 3.05) is 42.9 Å². The van der Waals surface area contributed by atoms with E-state index in [2.05, 4.69) is 60.6 Å². The Hall–Kier alpha value is -2.81. The molecule has 1 saturated carbocycles. The van der Waals surface area contributed by atoms with E-state index < -0.39 is 0 Å². The molecule has 8 nitrogen and oxygen atoms in total. The molecule has 0 radical (unpaired) electrons. The van der Waals surface area contributed by atoms with E-state index in [0.29, 0.717) is 31.6 Å². The van der Waals surface area contributed by atoms with Crippen molar-refractivity contribution in [2.24, 2.45) is 5.92 Å². The minimum Gasteiger partial charge on any atom is -0.365 e. The Morgan fingerprint density at radius 3 is 2.65 bits per heavy atom. The smallest absolute Gasteiger partial charge is 0.317 e. The first kappa shape index (κ1) is 23.0. The highest BCUT2D eigenvalue weighted by molar-refractivity contribution is 7.20. The maximum absolute atomic E-state index is 12.4. The van der Waals surface area contributed by atoms with Crippen LogP contribution in [0.2, 0.25) is 0 Å². The SMILES string of the molecule is Cc1cccc(-c2nc3sc(N4CCN(C(=O)NCC(C)C)CC4)nn3c2NC2CCCC2)c1. The summed E-state index contributed by atoms with van der Waals surface area (Å²) < 4.78 is 2.00. The molecular weight excluding hydrogens is 446 g/mol. The molecule has 2 amide bonds. The number of piperazine rings is 1. The van der Waals surface area contributed by atoms with Gasteiger partial charge in [0.25, 0.3) is 0 Å². The maximum Gasteiger partial charge on any atom is 0.317 e. The second-order valence-electron chi connectivity index (χ2n) is 9.94. The fourth-order valence-corrected chi connectivity index (χ4v) is 5.71. The molecule has 2 N–H and O–H groups in total. The molecule has 5 rings (SSSR count). The van der Waals surface area contributed by atoms with Crippen LogP contribution in [0.1, 0.15) is 45.1 Å². The first-order chi connectivity index (χ1) is 16.5. The van der Waals surface area contributed by atoms with E-state index in [-0.39, 0.29) is 6.03 Å². The third kappa shape index (κ3) is 4.85. The minimum atomic E-state index is 0.0353. The van der Waals surface area contributed by atoms with Crippen molar-refractivity contribution in [3.8, 4) is 11.3 Å². The highest BCUT2D eigenvalue weighted by atomic mass is 32.1. The topological polar surface area (TPSA) is 77.8 Å². The van der Waals surface area contributed by atoms with Crippen LogP contribution in [-0.4, -0.2) is 64.3 Å². The van der Waals surface area contributed by atoms with Crippen LogP contribution in [0.5, 0.6) is 0 Å². The number of hydrogen-bond acceptors (Lipinski definition) is 6. The number of rotatable bonds is 6. The van der Waals surface area contributed by atoms with Gasteiger partial charge in [0.2, 0.25) is 10.1 Å². The highest BCUT2D eigenvalue weighted by Gasteiger charge is 2.26. The predicted molar refractivity (Wildman–Crippen MR) is 139 cm³/mol. The number of nitrogens with zero attached hydrogens (tertiary/aromatic N) is 5. The summed E-state index contributed by atoms with van der Waals surface area (Å²) in [5.41, 5.74) is 3.33. The minimum absolute atomic E-state index is 0.0353. The Bertz CT molecular complexity index is 1140. The number of benzene rings is 1. The molecular formula is C25H35N7OS. The zero-order valence-corrected chi connectivity index (χ0v) is 21.2. The quantitative estimate of drug-likeness (QED) is 0.538. The molecule has 1 aliphatic carbocycles. The van der Waals surface area contributed by atoms with Gasteiger partial charge in [-0.15, -0.1) is 5.10 Å². The lowest BCUT2D eigenvalue weighted by molar-refractivity contribution is 0.193. The Kier molecular flexibility index (Phi) is 6.63. The normalized spacial score (nSPS) is 17.2. The zero-order chi connectivity index (χ0) is 23.7. The molecule has 34 heavy (non-hydrogen) atoms. The molecule has 1 saturated heterocycles. The number of carbonyl (C=O) groups is 1. The number of hydrogen-bond donors (Lipinski definition) is 2. The molecule has 1 aromatic carbocycles. The van der Waals surface area contributed by atoms with Crippen LogP contribution in [-0.2, 0) is 0 Å². The molecule has 0 unspecified atom stereocenters. The Labute approximate surface area is 205 Å². The van der Waals surface area contributed by atoms with Gasteiger partial charge in [-0.3, -0.25) is 0 Å². The number of fused-ring (bicyclic) bond motifs is 1. The average Bonchev–Trinajstić information content (AvgIpc) is 3.56. The second-order valence-corrected chi connectivity index (χ2v) is 10.9. The summed E-state index contributed by atoms with van der Waals surface area (Å²) in [6, 6.07) is 9.04. The largest absolute Gasteiger partial charge is 0.365 e. The van der Waals surface area contributed by atoms with Crippen molar-refractivity contribution in [1.82, 2.24) is 24.8 Å². The van der Waals surface area contributed by atoms with Crippen molar-refractivity contribution in [1.29, 1.82) is 0 Å². The molecule has 2 fully saturated rings. The van der Waals surface area contributed by atoms with Gasteiger partial charge in [0.1, 0.15) is 5.69 Å². The summed E-state index contributed by atoms with van der Waals surface area (Å²) in [4.78, 5) is 22.5. The van der Waals surface area contributed by atoms with Crippen LogP contribution in [0.25, 0.3) is 16.2 Å². The van der Waals surface area contributed by atoms with Crippen LogP contribution >= 0.6 is 11.3 Å². The van der Waals surface area contributed by atoms with Gasteiger partial charge < -0.3 is 20.4 Å². The number of carbonyl (C=O) groups excluding carboxylic acids is 1. The van der Waals surface area contributed by atoms with Gasteiger partial charge in [0, 0.05) is 44.3 Å². The lowest BCUT2D eigenvalue weighted by atomic mass is 10.1. The van der Waals surface area contributed by atoms with Gasteiger partial charge in [-0.05, 0) is 31.7 Å². The van der Waals surface area contributed by atoms with Crippen LogP contribution in [0, 0.1) is 12.8 Å². The Morgan fingerprint density at radius 1 is 1.18 bits per heavy atom. The van der Waals surface area contributed by atoms with E-state index in [1.165, 1.54) is 31.2 Å². The van der Waals surface area contributed by atoms with E-state index in [0.717, 1.165) is 40.3 Å². The molecule has 2 aromatic heterocycles. The van der Waals surface area contributed by atoms with E-state index in [9.17, 15) is 4.79 Å². The molecule has 0 bridgehead atoms. The zero-order valence-electron chi connectivity index (χ0n) is 20.4. The fourth-order valence-electron chi connectivity index (χ4n) is 4.76. The van der Waals surface area contributed by atoms with Crippen molar-refractivity contribution in [3.05, 3.63) is 29.8 Å². The van der Waals surface area contributed by atoms with Crippen LogP contribution in [0.3, 0.4) is 0 Å². The lowest BCUT2D eigenvalue weighted by Gasteiger charge is -2.34. The van der Waals surface area contributed by atoms with Gasteiger partial charge in [-0.2, -0.15) is 4.52 Å². The Balaban J connectivity index is 1.36. The van der Waals surface area contributed by atoms with Crippen LogP contribution in [0.15, 0.2) is 24.3 Å². The highest BCUT2D eigenvalue weighted by Crippen LogP contribution is 2.35. The van der Waals surface area contributed by atoms with E-state index in [4.69, 9.17) is 10.1 Å². The van der Waals surface area contributed by atoms with Crippen LogP contribution < -0.4 is 15.5 Å². The van der Waals surface area contributed by atoms with Crippen molar-refractivity contribution >= 4 is 33.3 Å². The molecule has 182 valence electrons. The van der Waals surface area contributed by atoms with E-state index in [1.54, 1.807) is 11.3 Å². The Morgan fingerprint density at radius 2 is 1.94 bits per heavy atom. The van der Waals surface area contributed by atoms with Crippen molar-refractivity contribution in [3.63, 3.8) is 0 Å². The molecule has 3 heterocycles. The predicted octanol–water partition coefficient (Wildman–Crippen LogP) is 4.61. The fraction of sp³-hybridized carbons (Fsp3) is 0.560. The summed E-state index contributed by atoms with van der Waals surface area (Å²) in [6.07, 6.45) is 4.93. The number of aromatic nitrogens is 3. The second kappa shape index (κ2) is 9.82. The van der Waals surface area contributed by atoms with E-state index >= 15 is 0 Å². The molecule has 0 atom stereocenters. The van der Waals surface area contributed by atoms with Gasteiger partial charge in [0.05, 0.1) is 0 Å². The average molecular weight is 482 g/mol. The van der Waals surface area contributed by atoms with Gasteiger partial charge in [-0.25, -0.2) is 9.78 Å². The first-order valence-corrected chi connectivity index (χ1v) is 13.3. The number of imidazole rings is 1. The third-order valence-corrected chi connectivity index (χ3v) is 7.65. The van der Waals surface area contributed by atoms with Crippen LogP contribution in [0.4, 0.5) is 15.7 Å². The van der Waals surface area contributed by atoms with Gasteiger partial charge in [-0.1, -0.05) is 61.8 Å². The molecule has 9 heteroatoms. The summed E-state index contributed by atoms with van der Waals surface area (Å²) >= 11 is 1.63. The molecule has 1 aliphatic heterocycles. The number of urea groups is 1. The monoisotopic (exact) mass is 481 g/mol. The summed E-state index contributed by atoms with van der Waals surface area (Å²) in [6.45, 7) is 10.0. The molecule has 0 spiro atoms. The van der Waals surface area contributed by atoms with Crippen molar-refractivity contribution < 1.29 is 4.79 Å². The summed E-state index contributed by atoms with van der Waals surface area (Å²) in [5, 5.41) is 12.8. The van der Waals surface area contributed by atoms with Gasteiger partial charge in [0.15, 0.2) is 5.82 Å². The molecule has 2 aliphatic rings. The maximum atomic E-state index is 12.4. The number of aryl methyl sites for hydroxylation is 1. The summed E-state index contributed by atoms with van der Waals surface area (Å²) in [7, 11) is 0. The molecule has 3 aromatic rings. The summed E-state index contributed by atoms with van der Waals surface area (Å²) in [5.74, 6) is 1.45. The number of anilines is 2. The first-order valence-electron chi connectivity index (χ1n) is 12.5. The van der Waals surface area contributed by atoms with Gasteiger partial charge >= 0.3 is 6.03 Å². The third-order valence-electron chi connectivity index (χ3n) is 6.68. The van der Waals surface area contributed by atoms with Crippen molar-refractivity contribution in [2.45, 2.75) is 52.5 Å². The van der Waals surface area contributed by atoms with E-state index in [1.807, 2.05) is 9.42 Å². The number of nitrogens with one attached hydrogen (secondary N) is 2. The standard InChI is InChI=1S/C25H35N7OS/c1-17(2)16-26-23(33)30-11-13-31(14-12-30)25-29-32-22(27-20-9-4-5-10-20)21(28-24(32)34-25)19-8-6-7-18(3)15-19/h6-8,15,17,20,27H,4-5,9-14,16H2,1-3H3,(H,26,33). The lowest BCUT2D eigenvalue weighted by Crippen LogP contribution is -2.52.